The Kier molecular flexibility index (Phi) is 6.32. The van der Waals surface area contributed by atoms with Gasteiger partial charge in [-0.05, 0) is 40.5 Å². The van der Waals surface area contributed by atoms with Crippen molar-refractivity contribution in [1.29, 1.82) is 5.26 Å². The van der Waals surface area contributed by atoms with E-state index >= 15 is 0 Å². The van der Waals surface area contributed by atoms with E-state index in [9.17, 15) is 28.0 Å². The average Bonchev–Trinajstić information content (AvgIpc) is 2.46. The third-order valence-electron chi connectivity index (χ3n) is 4.08. The van der Waals surface area contributed by atoms with Crippen molar-refractivity contribution >= 4 is 12.1 Å². The molecule has 0 radical (unpaired) electrons. The van der Waals surface area contributed by atoms with Gasteiger partial charge in [0.05, 0.1) is 18.1 Å². The van der Waals surface area contributed by atoms with Gasteiger partial charge in [0, 0.05) is 13.1 Å². The first-order chi connectivity index (χ1) is 11.4. The Morgan fingerprint density at radius 2 is 1.76 bits per heavy atom. The first kappa shape index (κ1) is 21.1. The highest BCUT2D eigenvalue weighted by Gasteiger charge is 2.63. The summed E-state index contributed by atoms with van der Waals surface area (Å²) in [5, 5.41) is 9.18. The van der Waals surface area contributed by atoms with Crippen molar-refractivity contribution in [2.45, 2.75) is 52.3 Å². The third-order valence-corrected chi connectivity index (χ3v) is 4.08. The van der Waals surface area contributed by atoms with Gasteiger partial charge in [0.25, 0.3) is 0 Å². The number of carbonyl (C=O) groups is 2. The van der Waals surface area contributed by atoms with Crippen LogP contribution in [0.5, 0.6) is 0 Å². The van der Waals surface area contributed by atoms with E-state index in [-0.39, 0.29) is 19.7 Å². The Labute approximate surface area is 144 Å². The number of carbonyl (C=O) groups excluding carboxylic acids is 2. The molecule has 0 saturated carbocycles. The van der Waals surface area contributed by atoms with Gasteiger partial charge in [0.2, 0.25) is 0 Å². The van der Waals surface area contributed by atoms with Crippen LogP contribution in [0.2, 0.25) is 0 Å². The van der Waals surface area contributed by atoms with Crippen LogP contribution >= 0.6 is 0 Å². The standard InChI is InChI=1S/C16H23F3N2O4/c1-5-24-12(22)11(10-20)15(16(17,18)19)6-8-21(9-7-15)13(23)25-14(2,3)4/h11H,5-9H2,1-4H3. The van der Waals surface area contributed by atoms with Crippen LogP contribution in [0, 0.1) is 22.7 Å². The summed E-state index contributed by atoms with van der Waals surface area (Å²) in [7, 11) is 0. The first-order valence-corrected chi connectivity index (χ1v) is 7.99. The number of piperidine rings is 1. The largest absolute Gasteiger partial charge is 0.465 e. The van der Waals surface area contributed by atoms with Crippen LogP contribution in [0.15, 0.2) is 0 Å². The molecule has 0 aromatic carbocycles. The van der Waals surface area contributed by atoms with Gasteiger partial charge in [-0.3, -0.25) is 4.79 Å². The smallest absolute Gasteiger partial charge is 0.410 e. The van der Waals surface area contributed by atoms with Crippen molar-refractivity contribution in [1.82, 2.24) is 4.90 Å². The van der Waals surface area contributed by atoms with E-state index in [1.165, 1.54) is 13.0 Å². The molecule has 1 heterocycles. The Balaban J connectivity index is 3.01. The van der Waals surface area contributed by atoms with Crippen molar-refractivity contribution in [2.75, 3.05) is 19.7 Å². The summed E-state index contributed by atoms with van der Waals surface area (Å²) in [5.41, 5.74) is -3.30. The summed E-state index contributed by atoms with van der Waals surface area (Å²) in [6, 6.07) is 1.46. The summed E-state index contributed by atoms with van der Waals surface area (Å²) in [6.45, 7) is 5.79. The van der Waals surface area contributed by atoms with Crippen LogP contribution in [0.1, 0.15) is 40.5 Å². The molecule has 1 unspecified atom stereocenters. The number of nitrogens with zero attached hydrogens (tertiary/aromatic N) is 2. The van der Waals surface area contributed by atoms with Gasteiger partial charge in [-0.25, -0.2) is 4.79 Å². The predicted molar refractivity (Wildman–Crippen MR) is 81.3 cm³/mol. The molecule has 1 atom stereocenters. The maximum absolute atomic E-state index is 13.7. The van der Waals surface area contributed by atoms with E-state index in [2.05, 4.69) is 4.74 Å². The molecular formula is C16H23F3N2O4. The van der Waals surface area contributed by atoms with Crippen molar-refractivity contribution in [2.24, 2.45) is 11.3 Å². The Bertz CT molecular complexity index is 541. The number of hydrogen-bond donors (Lipinski definition) is 0. The van der Waals surface area contributed by atoms with Gasteiger partial charge in [0.1, 0.15) is 5.60 Å². The Morgan fingerprint density at radius 1 is 1.24 bits per heavy atom. The zero-order valence-electron chi connectivity index (χ0n) is 14.8. The molecule has 25 heavy (non-hydrogen) atoms. The molecule has 9 heteroatoms. The third kappa shape index (κ3) is 4.77. The predicted octanol–water partition coefficient (Wildman–Crippen LogP) is 3.27. The first-order valence-electron chi connectivity index (χ1n) is 7.99. The number of halogens is 3. The van der Waals surface area contributed by atoms with Crippen LogP contribution in [0.4, 0.5) is 18.0 Å². The number of esters is 1. The minimum Gasteiger partial charge on any atom is -0.465 e. The van der Waals surface area contributed by atoms with Gasteiger partial charge in [0.15, 0.2) is 5.92 Å². The fraction of sp³-hybridized carbons (Fsp3) is 0.812. The summed E-state index contributed by atoms with van der Waals surface area (Å²) in [6.07, 6.45) is -6.62. The molecule has 6 nitrogen and oxygen atoms in total. The fourth-order valence-corrected chi connectivity index (χ4v) is 2.78. The number of alkyl halides is 3. The molecule has 1 fully saturated rings. The van der Waals surface area contributed by atoms with Crippen molar-refractivity contribution in [3.8, 4) is 6.07 Å². The monoisotopic (exact) mass is 364 g/mol. The van der Waals surface area contributed by atoms with Crippen molar-refractivity contribution in [3.05, 3.63) is 0 Å². The van der Waals surface area contributed by atoms with Crippen LogP contribution < -0.4 is 0 Å². The second-order valence-corrected chi connectivity index (χ2v) is 6.94. The molecule has 0 aliphatic carbocycles. The van der Waals surface area contributed by atoms with Crippen molar-refractivity contribution < 1.29 is 32.2 Å². The van der Waals surface area contributed by atoms with Crippen LogP contribution in [0.3, 0.4) is 0 Å². The lowest BCUT2D eigenvalue weighted by Crippen LogP contribution is -2.55. The van der Waals surface area contributed by atoms with E-state index in [0.717, 1.165) is 4.90 Å². The molecule has 0 aromatic heterocycles. The highest BCUT2D eigenvalue weighted by Crippen LogP contribution is 2.51. The number of amides is 1. The topological polar surface area (TPSA) is 79.6 Å². The molecule has 0 bridgehead atoms. The highest BCUT2D eigenvalue weighted by atomic mass is 19.4. The number of rotatable bonds is 3. The lowest BCUT2D eigenvalue weighted by molar-refractivity contribution is -0.252. The minimum atomic E-state index is -4.78. The molecule has 1 rings (SSSR count). The maximum Gasteiger partial charge on any atom is 0.410 e. The molecular weight excluding hydrogens is 341 g/mol. The van der Waals surface area contributed by atoms with Crippen LogP contribution in [-0.2, 0) is 14.3 Å². The van der Waals surface area contributed by atoms with E-state index < -0.39 is 48.0 Å². The van der Waals surface area contributed by atoms with E-state index in [1.807, 2.05) is 0 Å². The van der Waals surface area contributed by atoms with E-state index in [1.54, 1.807) is 20.8 Å². The summed E-state index contributed by atoms with van der Waals surface area (Å²) >= 11 is 0. The SMILES string of the molecule is CCOC(=O)C(C#N)C1(C(F)(F)F)CCN(C(=O)OC(C)(C)C)CC1. The van der Waals surface area contributed by atoms with Gasteiger partial charge in [-0.15, -0.1) is 0 Å². The number of ether oxygens (including phenoxy) is 2. The minimum absolute atomic E-state index is 0.116. The zero-order valence-corrected chi connectivity index (χ0v) is 14.8. The van der Waals surface area contributed by atoms with Crippen LogP contribution in [-0.4, -0.2) is 48.4 Å². The number of hydrogen-bond acceptors (Lipinski definition) is 5. The van der Waals surface area contributed by atoms with Gasteiger partial charge >= 0.3 is 18.2 Å². The van der Waals surface area contributed by atoms with Crippen molar-refractivity contribution in [3.63, 3.8) is 0 Å². The molecule has 0 aromatic rings. The summed E-state index contributed by atoms with van der Waals surface area (Å²) in [4.78, 5) is 25.1. The molecule has 142 valence electrons. The highest BCUT2D eigenvalue weighted by molar-refractivity contribution is 5.76. The normalized spacial score (nSPS) is 18.9. The van der Waals surface area contributed by atoms with Gasteiger partial charge in [-0.2, -0.15) is 18.4 Å². The molecule has 1 aliphatic heterocycles. The number of nitriles is 1. The molecule has 0 N–H and O–H groups in total. The Morgan fingerprint density at radius 3 is 2.12 bits per heavy atom. The van der Waals surface area contributed by atoms with Gasteiger partial charge < -0.3 is 14.4 Å². The molecule has 0 spiro atoms. The second-order valence-electron chi connectivity index (χ2n) is 6.94. The molecule has 1 aliphatic rings. The quantitative estimate of drug-likeness (QED) is 0.718. The Hall–Kier alpha value is -1.98. The zero-order chi connectivity index (χ0) is 19.5. The molecule has 1 saturated heterocycles. The summed E-state index contributed by atoms with van der Waals surface area (Å²) < 4.78 is 51.0. The lowest BCUT2D eigenvalue weighted by Gasteiger charge is -2.44. The van der Waals surface area contributed by atoms with Crippen LogP contribution in [0.25, 0.3) is 0 Å². The lowest BCUT2D eigenvalue weighted by atomic mass is 9.68. The second kappa shape index (κ2) is 7.50. The van der Waals surface area contributed by atoms with E-state index in [0.29, 0.717) is 0 Å². The van der Waals surface area contributed by atoms with E-state index in [4.69, 9.17) is 4.74 Å². The summed E-state index contributed by atoms with van der Waals surface area (Å²) in [5.74, 6) is -3.15. The number of likely N-dealkylation sites (tertiary alicyclic amines) is 1. The fourth-order valence-electron chi connectivity index (χ4n) is 2.78. The van der Waals surface area contributed by atoms with Gasteiger partial charge in [-0.1, -0.05) is 0 Å². The molecule has 1 amide bonds. The maximum atomic E-state index is 13.7. The average molecular weight is 364 g/mol.